The van der Waals surface area contributed by atoms with Gasteiger partial charge in [0.05, 0.1) is 24.5 Å². The first-order chi connectivity index (χ1) is 11.5. The van der Waals surface area contributed by atoms with Gasteiger partial charge in [-0.2, -0.15) is 0 Å². The molecular weight excluding hydrogens is 337 g/mol. The summed E-state index contributed by atoms with van der Waals surface area (Å²) in [4.78, 5) is 24.2. The van der Waals surface area contributed by atoms with Gasteiger partial charge < -0.3 is 10.1 Å². The van der Waals surface area contributed by atoms with E-state index in [1.54, 1.807) is 6.07 Å². The third-order valence-electron chi connectivity index (χ3n) is 3.48. The highest BCUT2D eigenvalue weighted by molar-refractivity contribution is 7.80. The molecule has 1 N–H and O–H groups in total. The van der Waals surface area contributed by atoms with E-state index in [2.05, 4.69) is 28.1 Å². The minimum Gasteiger partial charge on any atom is -0.442 e. The summed E-state index contributed by atoms with van der Waals surface area (Å²) in [5, 5.41) is 10.2. The van der Waals surface area contributed by atoms with Crippen LogP contribution >= 0.6 is 12.6 Å². The lowest BCUT2D eigenvalue weighted by Crippen LogP contribution is -2.33. The van der Waals surface area contributed by atoms with E-state index in [-0.39, 0.29) is 29.8 Å². The number of anilines is 1. The standard InChI is InChI=1S/C14H14FN5O3S/c1-8(21)16-5-10-6-19(14(22)23-10)9-2-3-12(11(15)4-9)20-7-17-18-13(20)24/h2-4,7,10H,5-6H2,1H3,(H,16,21)(H,18,24). The van der Waals surface area contributed by atoms with Crippen molar-refractivity contribution in [2.45, 2.75) is 18.2 Å². The van der Waals surface area contributed by atoms with E-state index in [1.165, 1.54) is 34.9 Å². The van der Waals surface area contributed by atoms with E-state index >= 15 is 0 Å². The van der Waals surface area contributed by atoms with Crippen molar-refractivity contribution in [1.29, 1.82) is 0 Å². The molecule has 0 aliphatic carbocycles. The average molecular weight is 351 g/mol. The third kappa shape index (κ3) is 3.18. The van der Waals surface area contributed by atoms with Gasteiger partial charge in [0.1, 0.15) is 18.2 Å². The largest absolute Gasteiger partial charge is 0.442 e. The Labute approximate surface area is 142 Å². The van der Waals surface area contributed by atoms with Crippen molar-refractivity contribution in [3.63, 3.8) is 0 Å². The Morgan fingerprint density at radius 3 is 2.96 bits per heavy atom. The molecule has 0 saturated carbocycles. The molecule has 2 amide bonds. The van der Waals surface area contributed by atoms with Gasteiger partial charge in [0.2, 0.25) is 5.91 Å². The highest BCUT2D eigenvalue weighted by atomic mass is 32.1. The number of cyclic esters (lactones) is 1. The molecule has 1 aromatic heterocycles. The fourth-order valence-electron chi connectivity index (χ4n) is 2.35. The van der Waals surface area contributed by atoms with Crippen LogP contribution in [-0.4, -0.2) is 46.0 Å². The summed E-state index contributed by atoms with van der Waals surface area (Å²) >= 11 is 4.09. The second kappa shape index (κ2) is 6.48. The van der Waals surface area contributed by atoms with Gasteiger partial charge in [-0.3, -0.25) is 14.3 Å². The molecule has 24 heavy (non-hydrogen) atoms. The Hall–Kier alpha value is -2.62. The minimum absolute atomic E-state index is 0.210. The predicted octanol–water partition coefficient (Wildman–Crippen LogP) is 1.16. The monoisotopic (exact) mass is 351 g/mol. The van der Waals surface area contributed by atoms with Crippen LogP contribution in [0.15, 0.2) is 29.7 Å². The molecule has 126 valence electrons. The number of aromatic nitrogens is 3. The summed E-state index contributed by atoms with van der Waals surface area (Å²) in [5.74, 6) is -0.767. The number of nitrogens with zero attached hydrogens (tertiary/aromatic N) is 4. The number of halogens is 1. The van der Waals surface area contributed by atoms with Gasteiger partial charge in [0.15, 0.2) is 5.16 Å². The summed E-state index contributed by atoms with van der Waals surface area (Å²) in [6.07, 6.45) is 0.274. The molecule has 1 aliphatic rings. The molecule has 3 rings (SSSR count). The van der Waals surface area contributed by atoms with Gasteiger partial charge in [-0.1, -0.05) is 0 Å². The fourth-order valence-corrected chi connectivity index (χ4v) is 2.57. The molecule has 0 spiro atoms. The lowest BCUT2D eigenvalue weighted by Gasteiger charge is -2.14. The van der Waals surface area contributed by atoms with E-state index in [0.717, 1.165) is 0 Å². The molecule has 8 nitrogen and oxygen atoms in total. The topological polar surface area (TPSA) is 89.4 Å². The lowest BCUT2D eigenvalue weighted by atomic mass is 10.2. The number of hydrogen-bond acceptors (Lipinski definition) is 6. The van der Waals surface area contributed by atoms with Crippen molar-refractivity contribution in [2.75, 3.05) is 18.0 Å². The van der Waals surface area contributed by atoms with Gasteiger partial charge in [-0.25, -0.2) is 9.18 Å². The van der Waals surface area contributed by atoms with Gasteiger partial charge in [-0.05, 0) is 18.2 Å². The van der Waals surface area contributed by atoms with E-state index in [1.807, 2.05) is 0 Å². The zero-order valence-corrected chi connectivity index (χ0v) is 13.5. The van der Waals surface area contributed by atoms with Crippen molar-refractivity contribution in [2.24, 2.45) is 0 Å². The fraction of sp³-hybridized carbons (Fsp3) is 0.286. The molecule has 2 aromatic rings. The zero-order valence-electron chi connectivity index (χ0n) is 12.6. The van der Waals surface area contributed by atoms with Crippen LogP contribution < -0.4 is 10.2 Å². The summed E-state index contributed by atoms with van der Waals surface area (Å²) in [7, 11) is 0. The first-order valence-corrected chi connectivity index (χ1v) is 7.52. The number of hydrogen-bond donors (Lipinski definition) is 2. The van der Waals surface area contributed by atoms with E-state index in [4.69, 9.17) is 4.74 Å². The smallest absolute Gasteiger partial charge is 0.414 e. The number of carbonyl (C=O) groups excluding carboxylic acids is 2. The van der Waals surface area contributed by atoms with Crippen molar-refractivity contribution in [1.82, 2.24) is 20.1 Å². The van der Waals surface area contributed by atoms with Crippen LogP contribution in [0, 0.1) is 5.82 Å². The molecule has 1 saturated heterocycles. The number of amides is 2. The summed E-state index contributed by atoms with van der Waals surface area (Å²) in [6, 6.07) is 4.32. The van der Waals surface area contributed by atoms with E-state index in [0.29, 0.717) is 5.69 Å². The predicted molar refractivity (Wildman–Crippen MR) is 84.9 cm³/mol. The normalized spacial score (nSPS) is 17.0. The Balaban J connectivity index is 1.78. The Bertz CT molecular complexity index is 796. The Morgan fingerprint density at radius 2 is 2.33 bits per heavy atom. The van der Waals surface area contributed by atoms with Crippen LogP contribution in [0.3, 0.4) is 0 Å². The average Bonchev–Trinajstić information content (AvgIpc) is 3.11. The summed E-state index contributed by atoms with van der Waals surface area (Å²) in [6.45, 7) is 1.81. The van der Waals surface area contributed by atoms with Gasteiger partial charge in [-0.15, -0.1) is 22.8 Å². The SMILES string of the molecule is CC(=O)NCC1CN(c2ccc(-n3cnnc3S)c(F)c2)C(=O)O1. The molecule has 1 aliphatic heterocycles. The summed E-state index contributed by atoms with van der Waals surface area (Å²) in [5.41, 5.74) is 0.580. The van der Waals surface area contributed by atoms with Crippen LogP contribution in [0.5, 0.6) is 0 Å². The molecule has 10 heteroatoms. The molecular formula is C14H14FN5O3S. The van der Waals surface area contributed by atoms with Crippen molar-refractivity contribution < 1.29 is 18.7 Å². The molecule has 0 radical (unpaired) electrons. The first kappa shape index (κ1) is 16.2. The molecule has 1 atom stereocenters. The van der Waals surface area contributed by atoms with Gasteiger partial charge >= 0.3 is 6.09 Å². The Kier molecular flexibility index (Phi) is 4.38. The minimum atomic E-state index is -0.586. The number of nitrogens with one attached hydrogen (secondary N) is 1. The highest BCUT2D eigenvalue weighted by Gasteiger charge is 2.32. The van der Waals surface area contributed by atoms with Crippen molar-refractivity contribution in [3.05, 3.63) is 30.3 Å². The number of rotatable bonds is 4. The zero-order chi connectivity index (χ0) is 17.3. The second-order valence-electron chi connectivity index (χ2n) is 5.19. The maximum absolute atomic E-state index is 14.4. The first-order valence-electron chi connectivity index (χ1n) is 7.07. The Morgan fingerprint density at radius 1 is 1.54 bits per heavy atom. The third-order valence-corrected chi connectivity index (χ3v) is 3.79. The lowest BCUT2D eigenvalue weighted by molar-refractivity contribution is -0.119. The number of carbonyl (C=O) groups is 2. The van der Waals surface area contributed by atoms with Crippen molar-refractivity contribution >= 4 is 30.3 Å². The number of benzene rings is 1. The van der Waals surface area contributed by atoms with Crippen LogP contribution in [0.4, 0.5) is 14.9 Å². The van der Waals surface area contributed by atoms with Crippen molar-refractivity contribution in [3.8, 4) is 5.69 Å². The molecule has 2 heterocycles. The second-order valence-corrected chi connectivity index (χ2v) is 5.59. The molecule has 1 aromatic carbocycles. The maximum atomic E-state index is 14.4. The molecule has 1 unspecified atom stereocenters. The number of ether oxygens (including phenoxy) is 1. The van der Waals surface area contributed by atoms with Crippen LogP contribution in [0.2, 0.25) is 0 Å². The summed E-state index contributed by atoms with van der Waals surface area (Å²) < 4.78 is 20.9. The highest BCUT2D eigenvalue weighted by Crippen LogP contribution is 2.26. The number of thiol groups is 1. The van der Waals surface area contributed by atoms with Gasteiger partial charge in [0, 0.05) is 6.92 Å². The van der Waals surface area contributed by atoms with Gasteiger partial charge in [0.25, 0.3) is 0 Å². The van der Waals surface area contributed by atoms with Crippen LogP contribution in [0.1, 0.15) is 6.92 Å². The van der Waals surface area contributed by atoms with E-state index < -0.39 is 18.0 Å². The molecule has 1 fully saturated rings. The van der Waals surface area contributed by atoms with E-state index in [9.17, 15) is 14.0 Å². The quantitative estimate of drug-likeness (QED) is 0.807. The maximum Gasteiger partial charge on any atom is 0.414 e. The van der Waals surface area contributed by atoms with Crippen LogP contribution in [-0.2, 0) is 9.53 Å². The van der Waals surface area contributed by atoms with Crippen LogP contribution in [0.25, 0.3) is 5.69 Å². The molecule has 0 bridgehead atoms.